The zero-order valence-electron chi connectivity index (χ0n) is 20.8. The fourth-order valence-electron chi connectivity index (χ4n) is 4.35. The first-order valence-electron chi connectivity index (χ1n) is 12.4. The van der Waals surface area contributed by atoms with Gasteiger partial charge in [0.15, 0.2) is 0 Å². The first-order chi connectivity index (χ1) is 18.0. The van der Waals surface area contributed by atoms with E-state index >= 15 is 0 Å². The number of aromatic nitrogens is 3. The van der Waals surface area contributed by atoms with Gasteiger partial charge in [0.1, 0.15) is 5.82 Å². The van der Waals surface area contributed by atoms with E-state index in [1.165, 1.54) is 5.56 Å². The fraction of sp³-hybridized carbons (Fsp3) is 0.385. The Bertz CT molecular complexity index is 1150. The molecule has 1 fully saturated rings. The number of aliphatic carboxylic acids is 1. The number of hydrogen-bond acceptors (Lipinski definition) is 10. The minimum absolute atomic E-state index is 0.00905. The van der Waals surface area contributed by atoms with Gasteiger partial charge in [0.25, 0.3) is 0 Å². The van der Waals surface area contributed by atoms with Crippen molar-refractivity contribution >= 4 is 23.4 Å². The maximum atomic E-state index is 10.9. The number of nitrogens with one attached hydrogen (secondary N) is 1. The number of carboxylic acids is 1. The summed E-state index contributed by atoms with van der Waals surface area (Å²) < 4.78 is 0. The molecule has 11 nitrogen and oxygen atoms in total. The molecule has 1 aliphatic rings. The molecule has 11 heteroatoms. The van der Waals surface area contributed by atoms with Crippen molar-refractivity contribution in [3.8, 4) is 11.1 Å². The van der Waals surface area contributed by atoms with Gasteiger partial charge in [-0.25, -0.2) is 15.0 Å². The van der Waals surface area contributed by atoms with Crippen LogP contribution in [0.3, 0.4) is 0 Å². The van der Waals surface area contributed by atoms with Gasteiger partial charge in [-0.1, -0.05) is 12.1 Å². The van der Waals surface area contributed by atoms with E-state index in [-0.39, 0.29) is 13.2 Å². The Morgan fingerprint density at radius 3 is 2.46 bits per heavy atom. The summed E-state index contributed by atoms with van der Waals surface area (Å²) >= 11 is 0. The van der Waals surface area contributed by atoms with Crippen LogP contribution in [0.4, 0.5) is 17.5 Å². The Hall–Kier alpha value is -3.64. The summed E-state index contributed by atoms with van der Waals surface area (Å²) in [7, 11) is 0. The second-order valence-corrected chi connectivity index (χ2v) is 8.97. The van der Waals surface area contributed by atoms with Gasteiger partial charge in [-0.2, -0.15) is 0 Å². The van der Waals surface area contributed by atoms with Crippen LogP contribution < -0.4 is 16.0 Å². The van der Waals surface area contributed by atoms with Crippen molar-refractivity contribution < 1.29 is 15.0 Å². The number of pyridine rings is 1. The lowest BCUT2D eigenvalue weighted by Gasteiger charge is -2.33. The number of nitrogens with two attached hydrogens (primary N) is 1. The van der Waals surface area contributed by atoms with Crippen LogP contribution in [0.5, 0.6) is 0 Å². The van der Waals surface area contributed by atoms with Crippen molar-refractivity contribution in [2.24, 2.45) is 5.73 Å². The molecule has 196 valence electrons. The molecule has 3 aromatic rings. The largest absolute Gasteiger partial charge is 0.480 e. The minimum Gasteiger partial charge on any atom is -0.480 e. The lowest BCUT2D eigenvalue weighted by molar-refractivity contribution is -0.138. The van der Waals surface area contributed by atoms with Crippen molar-refractivity contribution in [1.82, 2.24) is 24.8 Å². The van der Waals surface area contributed by atoms with E-state index in [2.05, 4.69) is 37.3 Å². The molecule has 0 radical (unpaired) electrons. The van der Waals surface area contributed by atoms with E-state index in [4.69, 9.17) is 10.8 Å². The van der Waals surface area contributed by atoms with Gasteiger partial charge in [0.2, 0.25) is 5.95 Å². The number of carboxylic acid groups (broad SMARTS) is 1. The molecule has 1 saturated heterocycles. The summed E-state index contributed by atoms with van der Waals surface area (Å²) in [4.78, 5) is 30.5. The summed E-state index contributed by atoms with van der Waals surface area (Å²) in [5.41, 5.74) is 9.58. The molecule has 0 unspecified atom stereocenters. The SMILES string of the molecule is NCCN(CCO)c1ncc(-c2ccnc(Nc3cccc(CN4CCN(CC(=O)O)CC4)c3)c2)cn1. The Labute approximate surface area is 216 Å². The van der Waals surface area contributed by atoms with Crippen molar-refractivity contribution in [3.05, 3.63) is 60.6 Å². The highest BCUT2D eigenvalue weighted by atomic mass is 16.4. The normalized spacial score (nSPS) is 14.4. The van der Waals surface area contributed by atoms with Crippen molar-refractivity contribution in [3.63, 3.8) is 0 Å². The van der Waals surface area contributed by atoms with Crippen molar-refractivity contribution in [2.45, 2.75) is 6.54 Å². The first-order valence-corrected chi connectivity index (χ1v) is 12.4. The number of anilines is 3. The third-order valence-electron chi connectivity index (χ3n) is 6.21. The van der Waals surface area contributed by atoms with Gasteiger partial charge in [-0.05, 0) is 35.4 Å². The predicted molar refractivity (Wildman–Crippen MR) is 143 cm³/mol. The molecule has 37 heavy (non-hydrogen) atoms. The quantitative estimate of drug-likeness (QED) is 0.282. The van der Waals surface area contributed by atoms with Gasteiger partial charge in [0.05, 0.1) is 13.2 Å². The third-order valence-corrected chi connectivity index (χ3v) is 6.21. The zero-order chi connectivity index (χ0) is 26.0. The molecule has 0 amide bonds. The van der Waals surface area contributed by atoms with E-state index in [0.717, 1.165) is 49.5 Å². The zero-order valence-corrected chi connectivity index (χ0v) is 20.8. The number of nitrogens with zero attached hydrogens (tertiary/aromatic N) is 6. The number of piperazine rings is 1. The van der Waals surface area contributed by atoms with Crippen molar-refractivity contribution in [1.29, 1.82) is 0 Å². The summed E-state index contributed by atoms with van der Waals surface area (Å²) in [5, 5.41) is 21.6. The van der Waals surface area contributed by atoms with E-state index in [1.54, 1.807) is 18.6 Å². The number of rotatable bonds is 12. The van der Waals surface area contributed by atoms with E-state index < -0.39 is 5.97 Å². The monoisotopic (exact) mass is 506 g/mol. The molecule has 4 rings (SSSR count). The average Bonchev–Trinajstić information content (AvgIpc) is 2.90. The second-order valence-electron chi connectivity index (χ2n) is 8.97. The molecule has 0 saturated carbocycles. The topological polar surface area (TPSA) is 144 Å². The molecule has 0 atom stereocenters. The number of aliphatic hydroxyl groups excluding tert-OH is 1. The highest BCUT2D eigenvalue weighted by Gasteiger charge is 2.18. The summed E-state index contributed by atoms with van der Waals surface area (Å²) in [5.74, 6) is 0.475. The molecule has 5 N–H and O–H groups in total. The van der Waals surface area contributed by atoms with E-state index in [1.807, 2.05) is 34.1 Å². The van der Waals surface area contributed by atoms with Gasteiger partial charge in [0, 0.05) is 82.2 Å². The Kier molecular flexibility index (Phi) is 9.33. The van der Waals surface area contributed by atoms with Gasteiger partial charge < -0.3 is 26.2 Å². The number of carbonyl (C=O) groups is 1. The predicted octanol–water partition coefficient (Wildman–Crippen LogP) is 1.24. The van der Waals surface area contributed by atoms with Gasteiger partial charge in [-0.15, -0.1) is 0 Å². The lowest BCUT2D eigenvalue weighted by atomic mass is 10.1. The smallest absolute Gasteiger partial charge is 0.317 e. The second kappa shape index (κ2) is 13.1. The van der Waals surface area contributed by atoms with Crippen LogP contribution in [-0.2, 0) is 11.3 Å². The lowest BCUT2D eigenvalue weighted by Crippen LogP contribution is -2.47. The average molecular weight is 507 g/mol. The van der Waals surface area contributed by atoms with Crippen molar-refractivity contribution in [2.75, 3.05) is 69.2 Å². The molecule has 0 spiro atoms. The molecule has 2 aromatic heterocycles. The van der Waals surface area contributed by atoms with Crippen LogP contribution in [0.1, 0.15) is 5.56 Å². The molecule has 1 aliphatic heterocycles. The Morgan fingerprint density at radius 1 is 1.00 bits per heavy atom. The van der Waals surface area contributed by atoms with Gasteiger partial charge in [-0.3, -0.25) is 14.6 Å². The van der Waals surface area contributed by atoms with E-state index in [9.17, 15) is 9.90 Å². The van der Waals surface area contributed by atoms with Crippen LogP contribution in [0.2, 0.25) is 0 Å². The fourth-order valence-corrected chi connectivity index (χ4v) is 4.35. The number of aliphatic hydroxyl groups is 1. The molecular weight excluding hydrogens is 472 g/mol. The molecule has 3 heterocycles. The Balaban J connectivity index is 1.38. The van der Waals surface area contributed by atoms with E-state index in [0.29, 0.717) is 31.4 Å². The third kappa shape index (κ3) is 7.67. The molecule has 0 bridgehead atoms. The number of benzene rings is 1. The Morgan fingerprint density at radius 2 is 1.76 bits per heavy atom. The summed E-state index contributed by atoms with van der Waals surface area (Å²) in [6.07, 6.45) is 5.27. The van der Waals surface area contributed by atoms with Crippen LogP contribution >= 0.6 is 0 Å². The number of hydrogen-bond donors (Lipinski definition) is 4. The van der Waals surface area contributed by atoms with Crippen LogP contribution in [0.25, 0.3) is 11.1 Å². The highest BCUT2D eigenvalue weighted by molar-refractivity contribution is 5.69. The van der Waals surface area contributed by atoms with Crippen LogP contribution in [0, 0.1) is 0 Å². The van der Waals surface area contributed by atoms with Gasteiger partial charge >= 0.3 is 5.97 Å². The molecular formula is C26H34N8O3. The maximum absolute atomic E-state index is 10.9. The van der Waals surface area contributed by atoms with Crippen LogP contribution in [0.15, 0.2) is 55.0 Å². The summed E-state index contributed by atoms with van der Waals surface area (Å²) in [6, 6.07) is 12.1. The van der Waals surface area contributed by atoms with Crippen LogP contribution in [-0.4, -0.2) is 99.9 Å². The summed E-state index contributed by atoms with van der Waals surface area (Å²) in [6.45, 7) is 5.60. The molecule has 0 aliphatic carbocycles. The molecule has 1 aromatic carbocycles. The highest BCUT2D eigenvalue weighted by Crippen LogP contribution is 2.24. The maximum Gasteiger partial charge on any atom is 0.317 e. The standard InChI is InChI=1S/C26H34N8O3/c27-5-7-34(12-13-35)26-29-16-22(17-30-26)21-4-6-28-24(15-21)31-23-3-1-2-20(14-23)18-32-8-10-33(11-9-32)19-25(36)37/h1-4,6,14-17,35H,5,7-13,18-19,27H2,(H,28,31)(H,36,37). The first kappa shape index (κ1) is 26.4. The minimum atomic E-state index is -0.776.